The summed E-state index contributed by atoms with van der Waals surface area (Å²) in [5, 5.41) is 2.84. The Labute approximate surface area is 125 Å². The molecule has 3 nitrogen and oxygen atoms in total. The molecule has 2 aromatic carbocycles. The van der Waals surface area contributed by atoms with Gasteiger partial charge >= 0.3 is 0 Å². The average molecular weight is 337 g/mol. The first-order chi connectivity index (χ1) is 9.49. The standard InChI is InChI=1S/C15H14BrFN2O/c1-9(11-4-2-3-5-13(11)16)19-15(20)12-7-6-10(17)8-14(12)18/h2-9H,18H2,1H3,(H,19,20)/t9-/m0/s1. The molecule has 104 valence electrons. The number of carbonyl (C=O) groups excluding carboxylic acids is 1. The van der Waals surface area contributed by atoms with Crippen LogP contribution in [0.2, 0.25) is 0 Å². The number of hydrogen-bond donors (Lipinski definition) is 2. The molecule has 0 aromatic heterocycles. The van der Waals surface area contributed by atoms with Crippen molar-refractivity contribution in [2.75, 3.05) is 5.73 Å². The van der Waals surface area contributed by atoms with Crippen molar-refractivity contribution < 1.29 is 9.18 Å². The summed E-state index contributed by atoms with van der Waals surface area (Å²) >= 11 is 3.44. The van der Waals surface area contributed by atoms with Crippen LogP contribution in [0, 0.1) is 5.82 Å². The van der Waals surface area contributed by atoms with E-state index >= 15 is 0 Å². The molecule has 0 heterocycles. The second-order valence-electron chi connectivity index (χ2n) is 4.45. The summed E-state index contributed by atoms with van der Waals surface area (Å²) in [7, 11) is 0. The lowest BCUT2D eigenvalue weighted by molar-refractivity contribution is 0.0940. The van der Waals surface area contributed by atoms with Crippen molar-refractivity contribution in [2.45, 2.75) is 13.0 Å². The van der Waals surface area contributed by atoms with Gasteiger partial charge in [-0.15, -0.1) is 0 Å². The van der Waals surface area contributed by atoms with Gasteiger partial charge in [-0.05, 0) is 36.8 Å². The molecule has 0 bridgehead atoms. The quantitative estimate of drug-likeness (QED) is 0.840. The Morgan fingerprint density at radius 1 is 1.30 bits per heavy atom. The van der Waals surface area contributed by atoms with Gasteiger partial charge in [0.05, 0.1) is 11.6 Å². The van der Waals surface area contributed by atoms with E-state index in [1.54, 1.807) is 0 Å². The normalized spacial score (nSPS) is 11.9. The van der Waals surface area contributed by atoms with Crippen LogP contribution in [0.25, 0.3) is 0 Å². The van der Waals surface area contributed by atoms with E-state index in [0.717, 1.165) is 16.1 Å². The number of amides is 1. The number of nitrogens with two attached hydrogens (primary N) is 1. The molecule has 1 amide bonds. The Hall–Kier alpha value is -1.88. The second kappa shape index (κ2) is 6.05. The Morgan fingerprint density at radius 2 is 2.00 bits per heavy atom. The maximum Gasteiger partial charge on any atom is 0.253 e. The number of halogens is 2. The second-order valence-corrected chi connectivity index (χ2v) is 5.30. The summed E-state index contributed by atoms with van der Waals surface area (Å²) < 4.78 is 13.9. The third kappa shape index (κ3) is 3.17. The van der Waals surface area contributed by atoms with Crippen LogP contribution in [0.5, 0.6) is 0 Å². The van der Waals surface area contributed by atoms with E-state index in [0.29, 0.717) is 0 Å². The van der Waals surface area contributed by atoms with Gasteiger partial charge in [-0.2, -0.15) is 0 Å². The monoisotopic (exact) mass is 336 g/mol. The molecule has 2 rings (SSSR count). The van der Waals surface area contributed by atoms with Crippen LogP contribution in [0.3, 0.4) is 0 Å². The van der Waals surface area contributed by atoms with Gasteiger partial charge < -0.3 is 11.1 Å². The maximum absolute atomic E-state index is 13.0. The number of nitrogens with one attached hydrogen (secondary N) is 1. The van der Waals surface area contributed by atoms with Gasteiger partial charge in [0.1, 0.15) is 5.82 Å². The zero-order valence-corrected chi connectivity index (χ0v) is 12.4. The molecule has 0 saturated heterocycles. The van der Waals surface area contributed by atoms with Crippen LogP contribution in [0.1, 0.15) is 28.9 Å². The Balaban J connectivity index is 2.17. The van der Waals surface area contributed by atoms with Gasteiger partial charge in [-0.3, -0.25) is 4.79 Å². The number of rotatable bonds is 3. The summed E-state index contributed by atoms with van der Waals surface area (Å²) in [6, 6.07) is 11.2. The molecular weight excluding hydrogens is 323 g/mol. The molecule has 0 aliphatic rings. The van der Waals surface area contributed by atoms with E-state index in [-0.39, 0.29) is 23.2 Å². The maximum atomic E-state index is 13.0. The van der Waals surface area contributed by atoms with Crippen LogP contribution in [0.15, 0.2) is 46.9 Å². The van der Waals surface area contributed by atoms with Crippen molar-refractivity contribution in [3.05, 3.63) is 63.9 Å². The van der Waals surface area contributed by atoms with Crippen molar-refractivity contribution in [1.29, 1.82) is 0 Å². The van der Waals surface area contributed by atoms with Crippen molar-refractivity contribution in [3.63, 3.8) is 0 Å². The molecule has 5 heteroatoms. The zero-order chi connectivity index (χ0) is 14.7. The van der Waals surface area contributed by atoms with E-state index in [9.17, 15) is 9.18 Å². The first kappa shape index (κ1) is 14.5. The number of carbonyl (C=O) groups is 1. The molecule has 0 fully saturated rings. The predicted octanol–water partition coefficient (Wildman–Crippen LogP) is 3.66. The fourth-order valence-electron chi connectivity index (χ4n) is 1.92. The topological polar surface area (TPSA) is 55.1 Å². The van der Waals surface area contributed by atoms with E-state index < -0.39 is 5.82 Å². The third-order valence-electron chi connectivity index (χ3n) is 2.98. The van der Waals surface area contributed by atoms with E-state index in [4.69, 9.17) is 5.73 Å². The number of benzene rings is 2. The summed E-state index contributed by atoms with van der Waals surface area (Å²) in [6.45, 7) is 1.87. The van der Waals surface area contributed by atoms with Crippen LogP contribution >= 0.6 is 15.9 Å². The molecule has 0 radical (unpaired) electrons. The lowest BCUT2D eigenvalue weighted by Gasteiger charge is -2.16. The van der Waals surface area contributed by atoms with Gasteiger partial charge in [-0.1, -0.05) is 34.1 Å². The van der Waals surface area contributed by atoms with Crippen LogP contribution in [-0.4, -0.2) is 5.91 Å². The lowest BCUT2D eigenvalue weighted by atomic mass is 10.1. The highest BCUT2D eigenvalue weighted by Gasteiger charge is 2.15. The molecule has 2 aromatic rings. The van der Waals surface area contributed by atoms with Gasteiger partial charge in [0.25, 0.3) is 5.91 Å². The highest BCUT2D eigenvalue weighted by atomic mass is 79.9. The average Bonchev–Trinajstić information content (AvgIpc) is 2.38. The zero-order valence-electron chi connectivity index (χ0n) is 10.9. The fraction of sp³-hybridized carbons (Fsp3) is 0.133. The Morgan fingerprint density at radius 3 is 2.65 bits per heavy atom. The third-order valence-corrected chi connectivity index (χ3v) is 3.70. The summed E-state index contributed by atoms with van der Waals surface area (Å²) in [5.74, 6) is -0.788. The molecular formula is C15H14BrFN2O. The minimum Gasteiger partial charge on any atom is -0.398 e. The first-order valence-corrected chi connectivity index (χ1v) is 6.88. The van der Waals surface area contributed by atoms with E-state index in [2.05, 4.69) is 21.2 Å². The fourth-order valence-corrected chi connectivity index (χ4v) is 2.55. The predicted molar refractivity (Wildman–Crippen MR) is 80.8 cm³/mol. The molecule has 0 unspecified atom stereocenters. The summed E-state index contributed by atoms with van der Waals surface area (Å²) in [5.41, 5.74) is 7.01. The molecule has 20 heavy (non-hydrogen) atoms. The highest BCUT2D eigenvalue weighted by Crippen LogP contribution is 2.23. The summed E-state index contributed by atoms with van der Waals surface area (Å²) in [6.07, 6.45) is 0. The molecule has 0 saturated carbocycles. The van der Waals surface area contributed by atoms with Crippen molar-refractivity contribution in [3.8, 4) is 0 Å². The SMILES string of the molecule is C[C@H](NC(=O)c1ccc(F)cc1N)c1ccccc1Br. The molecule has 1 atom stereocenters. The highest BCUT2D eigenvalue weighted by molar-refractivity contribution is 9.10. The van der Waals surface area contributed by atoms with Crippen LogP contribution < -0.4 is 11.1 Å². The summed E-state index contributed by atoms with van der Waals surface area (Å²) in [4.78, 5) is 12.1. The lowest BCUT2D eigenvalue weighted by Crippen LogP contribution is -2.27. The van der Waals surface area contributed by atoms with Gasteiger partial charge in [-0.25, -0.2) is 4.39 Å². The first-order valence-electron chi connectivity index (χ1n) is 6.09. The van der Waals surface area contributed by atoms with Gasteiger partial charge in [0, 0.05) is 10.2 Å². The number of anilines is 1. The van der Waals surface area contributed by atoms with Crippen LogP contribution in [-0.2, 0) is 0 Å². The van der Waals surface area contributed by atoms with Crippen molar-refractivity contribution in [2.24, 2.45) is 0 Å². The van der Waals surface area contributed by atoms with Crippen molar-refractivity contribution >= 4 is 27.5 Å². The smallest absolute Gasteiger partial charge is 0.253 e. The Kier molecular flexibility index (Phi) is 4.39. The minimum atomic E-state index is -0.460. The van der Waals surface area contributed by atoms with Gasteiger partial charge in [0.2, 0.25) is 0 Å². The van der Waals surface area contributed by atoms with Crippen LogP contribution in [0.4, 0.5) is 10.1 Å². The largest absolute Gasteiger partial charge is 0.398 e. The van der Waals surface area contributed by atoms with Crippen molar-refractivity contribution in [1.82, 2.24) is 5.32 Å². The molecule has 0 spiro atoms. The van der Waals surface area contributed by atoms with E-state index in [1.807, 2.05) is 31.2 Å². The molecule has 3 N–H and O–H groups in total. The number of hydrogen-bond acceptors (Lipinski definition) is 2. The number of nitrogen functional groups attached to an aromatic ring is 1. The van der Waals surface area contributed by atoms with Gasteiger partial charge in [0.15, 0.2) is 0 Å². The minimum absolute atomic E-state index is 0.127. The van der Waals surface area contributed by atoms with E-state index in [1.165, 1.54) is 12.1 Å². The molecule has 0 aliphatic heterocycles. The Bertz CT molecular complexity index is 646. The molecule has 0 aliphatic carbocycles.